The summed E-state index contributed by atoms with van der Waals surface area (Å²) < 4.78 is 5.62. The van der Waals surface area contributed by atoms with E-state index in [0.29, 0.717) is 0 Å². The lowest BCUT2D eigenvalue weighted by Gasteiger charge is -2.41. The van der Waals surface area contributed by atoms with Crippen molar-refractivity contribution in [3.8, 4) is 12.1 Å². The van der Waals surface area contributed by atoms with Crippen molar-refractivity contribution in [3.63, 3.8) is 0 Å². The zero-order valence-corrected chi connectivity index (χ0v) is 18.4. The SMILES string of the molecule is C=C[C@@H]1C(C(C#N)(C#N)C/C=C/c2ccccc2)=CC2CC[C@@H]1N2C(=O)OC(C)(C)C. The number of carbonyl (C=O) groups excluding carboxylic acids is 1. The van der Waals surface area contributed by atoms with Gasteiger partial charge in [0.05, 0.1) is 18.2 Å². The van der Waals surface area contributed by atoms with E-state index >= 15 is 0 Å². The topological polar surface area (TPSA) is 77.1 Å². The summed E-state index contributed by atoms with van der Waals surface area (Å²) in [6.07, 6.45) is 8.99. The summed E-state index contributed by atoms with van der Waals surface area (Å²) >= 11 is 0. The van der Waals surface area contributed by atoms with Gasteiger partial charge in [-0.2, -0.15) is 10.5 Å². The summed E-state index contributed by atoms with van der Waals surface area (Å²) in [5.74, 6) is -0.268. The van der Waals surface area contributed by atoms with Crippen molar-refractivity contribution >= 4 is 12.2 Å². The Hall–Kier alpha value is -3.31. The van der Waals surface area contributed by atoms with E-state index < -0.39 is 11.0 Å². The first kappa shape index (κ1) is 22.4. The molecule has 2 aliphatic rings. The van der Waals surface area contributed by atoms with Gasteiger partial charge in [-0.15, -0.1) is 6.58 Å². The highest BCUT2D eigenvalue weighted by Gasteiger charge is 2.50. The molecule has 1 unspecified atom stereocenters. The Morgan fingerprint density at radius 2 is 1.90 bits per heavy atom. The average Bonchev–Trinajstić information content (AvgIpc) is 3.06. The molecule has 1 saturated heterocycles. The van der Waals surface area contributed by atoms with Crippen LogP contribution in [-0.4, -0.2) is 28.7 Å². The van der Waals surface area contributed by atoms with Crippen LogP contribution in [-0.2, 0) is 4.74 Å². The normalized spacial score (nSPS) is 23.1. The van der Waals surface area contributed by atoms with E-state index in [0.717, 1.165) is 24.0 Å². The maximum Gasteiger partial charge on any atom is 0.411 e. The van der Waals surface area contributed by atoms with Crippen molar-refractivity contribution in [2.24, 2.45) is 11.3 Å². The van der Waals surface area contributed by atoms with Crippen LogP contribution in [0.15, 0.2) is 60.7 Å². The molecular formula is C26H29N3O2. The maximum absolute atomic E-state index is 12.9. The largest absolute Gasteiger partial charge is 0.444 e. The minimum atomic E-state index is -1.30. The van der Waals surface area contributed by atoms with Gasteiger partial charge in [0.15, 0.2) is 5.41 Å². The molecule has 31 heavy (non-hydrogen) atoms. The van der Waals surface area contributed by atoms with Crippen LogP contribution in [0.2, 0.25) is 0 Å². The number of ether oxygens (including phenoxy) is 1. The molecule has 3 rings (SSSR count). The van der Waals surface area contributed by atoms with E-state index in [1.165, 1.54) is 0 Å². The zero-order valence-electron chi connectivity index (χ0n) is 18.4. The van der Waals surface area contributed by atoms with E-state index in [2.05, 4.69) is 18.7 Å². The summed E-state index contributed by atoms with van der Waals surface area (Å²) in [6, 6.07) is 14.0. The Bertz CT molecular complexity index is 959. The third kappa shape index (κ3) is 4.57. The summed E-state index contributed by atoms with van der Waals surface area (Å²) in [5.41, 5.74) is -0.126. The van der Waals surface area contributed by atoms with Gasteiger partial charge in [0.25, 0.3) is 0 Å². The van der Waals surface area contributed by atoms with Gasteiger partial charge in [-0.1, -0.05) is 54.6 Å². The smallest absolute Gasteiger partial charge is 0.411 e. The first-order valence-corrected chi connectivity index (χ1v) is 10.6. The van der Waals surface area contributed by atoms with Gasteiger partial charge >= 0.3 is 6.09 Å². The van der Waals surface area contributed by atoms with Crippen LogP contribution >= 0.6 is 0 Å². The van der Waals surface area contributed by atoms with E-state index in [4.69, 9.17) is 4.74 Å². The van der Waals surface area contributed by atoms with E-state index in [-0.39, 0.29) is 30.5 Å². The molecule has 5 nitrogen and oxygen atoms in total. The molecule has 1 aromatic carbocycles. The molecule has 1 fully saturated rings. The van der Waals surface area contributed by atoms with Gasteiger partial charge in [0.1, 0.15) is 5.60 Å². The third-order valence-electron chi connectivity index (χ3n) is 5.89. The summed E-state index contributed by atoms with van der Waals surface area (Å²) in [6.45, 7) is 9.51. The predicted octanol–water partition coefficient (Wildman–Crippen LogP) is 5.63. The molecule has 160 valence electrons. The fourth-order valence-electron chi connectivity index (χ4n) is 4.50. The minimum Gasteiger partial charge on any atom is -0.444 e. The van der Waals surface area contributed by atoms with E-state index in [1.807, 2.05) is 69.3 Å². The summed E-state index contributed by atoms with van der Waals surface area (Å²) in [5, 5.41) is 20.1. The lowest BCUT2D eigenvalue weighted by atomic mass is 9.70. The number of carbonyl (C=O) groups is 1. The zero-order chi connectivity index (χ0) is 22.6. The van der Waals surface area contributed by atoms with Crippen LogP contribution in [0.25, 0.3) is 6.08 Å². The number of benzene rings is 1. The van der Waals surface area contributed by atoms with E-state index in [1.54, 1.807) is 11.0 Å². The molecule has 0 saturated carbocycles. The van der Waals surface area contributed by atoms with Crippen molar-refractivity contribution in [1.29, 1.82) is 10.5 Å². The number of hydrogen-bond donors (Lipinski definition) is 0. The first-order chi connectivity index (χ1) is 14.7. The number of hydrogen-bond acceptors (Lipinski definition) is 4. The second-order valence-electron chi connectivity index (χ2n) is 9.13. The molecule has 0 spiro atoms. The molecule has 2 aliphatic heterocycles. The Kier molecular flexibility index (Phi) is 6.37. The second-order valence-corrected chi connectivity index (χ2v) is 9.13. The van der Waals surface area contributed by atoms with Gasteiger partial charge < -0.3 is 4.74 Å². The number of fused-ring (bicyclic) bond motifs is 2. The first-order valence-electron chi connectivity index (χ1n) is 10.6. The van der Waals surface area contributed by atoms with Gasteiger partial charge in [-0.3, -0.25) is 4.90 Å². The van der Waals surface area contributed by atoms with Crippen LogP contribution in [0.5, 0.6) is 0 Å². The van der Waals surface area contributed by atoms with Gasteiger partial charge in [0, 0.05) is 18.4 Å². The molecule has 0 radical (unpaired) electrons. The fourth-order valence-corrected chi connectivity index (χ4v) is 4.50. The Morgan fingerprint density at radius 1 is 1.23 bits per heavy atom. The molecule has 0 aromatic heterocycles. The minimum absolute atomic E-state index is 0.156. The quantitative estimate of drug-likeness (QED) is 0.584. The lowest BCUT2D eigenvalue weighted by molar-refractivity contribution is 0.0133. The number of allylic oxidation sites excluding steroid dienone is 1. The second kappa shape index (κ2) is 8.82. The average molecular weight is 416 g/mol. The van der Waals surface area contributed by atoms with Crippen molar-refractivity contribution in [2.75, 3.05) is 0 Å². The van der Waals surface area contributed by atoms with Crippen LogP contribution in [0.4, 0.5) is 4.79 Å². The van der Waals surface area contributed by atoms with Crippen LogP contribution < -0.4 is 0 Å². The molecule has 0 aliphatic carbocycles. The van der Waals surface area contributed by atoms with Crippen LogP contribution in [0.1, 0.15) is 45.6 Å². The number of nitrogens with zero attached hydrogens (tertiary/aromatic N) is 3. The van der Waals surface area contributed by atoms with Crippen molar-refractivity contribution in [2.45, 2.75) is 57.7 Å². The predicted molar refractivity (Wildman–Crippen MR) is 120 cm³/mol. The maximum atomic E-state index is 12.9. The highest BCUT2D eigenvalue weighted by molar-refractivity contribution is 5.71. The van der Waals surface area contributed by atoms with Crippen molar-refractivity contribution in [1.82, 2.24) is 4.90 Å². The molecule has 2 heterocycles. The Morgan fingerprint density at radius 3 is 2.48 bits per heavy atom. The Balaban J connectivity index is 1.92. The summed E-state index contributed by atoms with van der Waals surface area (Å²) in [4.78, 5) is 14.6. The van der Waals surface area contributed by atoms with E-state index in [9.17, 15) is 15.3 Å². The van der Waals surface area contributed by atoms with Crippen molar-refractivity contribution < 1.29 is 9.53 Å². The molecule has 0 N–H and O–H groups in total. The third-order valence-corrected chi connectivity index (χ3v) is 5.89. The van der Waals surface area contributed by atoms with Gasteiger partial charge in [0.2, 0.25) is 0 Å². The van der Waals surface area contributed by atoms with Gasteiger partial charge in [-0.05, 0) is 44.7 Å². The number of nitriles is 2. The van der Waals surface area contributed by atoms with Gasteiger partial charge in [-0.25, -0.2) is 4.79 Å². The number of amides is 1. The molecular weight excluding hydrogens is 386 g/mol. The molecule has 2 bridgehead atoms. The Labute approximate surface area is 184 Å². The molecule has 1 aromatic rings. The number of rotatable bonds is 5. The standard InChI is InChI=1S/C26H29N3O2/c1-5-21-22(16-20-13-14-23(21)29(20)24(30)31-25(2,3)4)26(17-27,18-28)15-9-12-19-10-7-6-8-11-19/h5-12,16,20-21,23H,1,13-15H2,2-4H3/b12-9+/t20?,21-,23+/m1/s1. The lowest BCUT2D eigenvalue weighted by Crippen LogP contribution is -2.50. The highest BCUT2D eigenvalue weighted by Crippen LogP contribution is 2.47. The summed E-state index contributed by atoms with van der Waals surface area (Å²) in [7, 11) is 0. The molecule has 3 atom stereocenters. The fraction of sp³-hybridized carbons (Fsp3) is 0.423. The monoisotopic (exact) mass is 415 g/mol. The van der Waals surface area contributed by atoms with Crippen LogP contribution in [0.3, 0.4) is 0 Å². The van der Waals surface area contributed by atoms with Crippen molar-refractivity contribution in [3.05, 3.63) is 66.3 Å². The molecule has 5 heteroatoms. The highest BCUT2D eigenvalue weighted by atomic mass is 16.6. The molecule has 1 amide bonds. The van der Waals surface area contributed by atoms with Crippen LogP contribution in [0, 0.1) is 34.0 Å².